The molecule has 2 atom stereocenters. The molecule has 1 aliphatic rings. The lowest BCUT2D eigenvalue weighted by atomic mass is 10.00. The van der Waals surface area contributed by atoms with E-state index >= 15 is 0 Å². The van der Waals surface area contributed by atoms with Crippen LogP contribution < -0.4 is 5.32 Å². The van der Waals surface area contributed by atoms with E-state index in [1.54, 1.807) is 0 Å². The quantitative estimate of drug-likeness (QED) is 0.921. The molecule has 1 N–H and O–H groups in total. The van der Waals surface area contributed by atoms with Crippen molar-refractivity contribution in [3.8, 4) is 0 Å². The minimum atomic E-state index is 0.0778. The molecule has 0 amide bonds. The number of aromatic nitrogens is 1. The van der Waals surface area contributed by atoms with Gasteiger partial charge in [0.05, 0.1) is 11.7 Å². The fraction of sp³-hybridized carbons (Fsp3) is 0.412. The van der Waals surface area contributed by atoms with Gasteiger partial charge in [-0.25, -0.2) is 0 Å². The Morgan fingerprint density at radius 2 is 2.29 bits per heavy atom. The van der Waals surface area contributed by atoms with Crippen LogP contribution in [0.4, 0.5) is 5.69 Å². The zero-order valence-electron chi connectivity index (χ0n) is 12.3. The van der Waals surface area contributed by atoms with Gasteiger partial charge in [0.2, 0.25) is 0 Å². The van der Waals surface area contributed by atoms with Gasteiger partial charge in [0.25, 0.3) is 0 Å². The van der Waals surface area contributed by atoms with Gasteiger partial charge in [-0.1, -0.05) is 18.5 Å². The largest absolute Gasteiger partial charge is 0.369 e. The molecule has 0 spiro atoms. The average Bonchev–Trinajstić information content (AvgIpc) is 2.47. The Balaban J connectivity index is 1.81. The summed E-state index contributed by atoms with van der Waals surface area (Å²) in [6.45, 7) is 8.81. The summed E-state index contributed by atoms with van der Waals surface area (Å²) in [6, 6.07) is 7.81. The topological polar surface area (TPSA) is 28.2 Å². The lowest BCUT2D eigenvalue weighted by Crippen LogP contribution is -2.44. The van der Waals surface area contributed by atoms with E-state index < -0.39 is 0 Å². The van der Waals surface area contributed by atoms with Crippen molar-refractivity contribution in [2.24, 2.45) is 5.92 Å². The molecule has 1 fully saturated rings. The second-order valence-electron chi connectivity index (χ2n) is 5.92. The van der Waals surface area contributed by atoms with Crippen LogP contribution in [-0.4, -0.2) is 29.1 Å². The highest BCUT2D eigenvalue weighted by molar-refractivity contribution is 6.31. The highest BCUT2D eigenvalue weighted by Crippen LogP contribution is 2.26. The van der Waals surface area contributed by atoms with Crippen molar-refractivity contribution in [2.45, 2.75) is 25.9 Å². The van der Waals surface area contributed by atoms with Crippen molar-refractivity contribution >= 4 is 28.2 Å². The van der Waals surface area contributed by atoms with E-state index in [0.717, 1.165) is 35.6 Å². The van der Waals surface area contributed by atoms with Crippen molar-refractivity contribution in [3.63, 3.8) is 0 Å². The van der Waals surface area contributed by atoms with Crippen LogP contribution in [0.3, 0.4) is 0 Å². The number of piperidine rings is 1. The van der Waals surface area contributed by atoms with Crippen LogP contribution in [-0.2, 0) is 0 Å². The maximum Gasteiger partial charge on any atom is 0.0794 e. The van der Waals surface area contributed by atoms with Crippen LogP contribution in [0.1, 0.15) is 19.8 Å². The molecule has 3 nitrogen and oxygen atoms in total. The van der Waals surface area contributed by atoms with Gasteiger partial charge in [-0.2, -0.15) is 0 Å². The Labute approximate surface area is 131 Å². The Morgan fingerprint density at radius 3 is 3.10 bits per heavy atom. The first-order valence-electron chi connectivity index (χ1n) is 7.51. The predicted octanol–water partition coefficient (Wildman–Crippen LogP) is 4.19. The van der Waals surface area contributed by atoms with Crippen molar-refractivity contribution in [1.82, 2.24) is 9.88 Å². The molecule has 4 heteroatoms. The summed E-state index contributed by atoms with van der Waals surface area (Å²) < 4.78 is 0. The number of pyridine rings is 1. The Morgan fingerprint density at radius 1 is 1.43 bits per heavy atom. The number of rotatable bonds is 3. The van der Waals surface area contributed by atoms with E-state index in [-0.39, 0.29) is 6.17 Å². The van der Waals surface area contributed by atoms with E-state index in [1.165, 1.54) is 12.8 Å². The maximum absolute atomic E-state index is 6.03. The average molecular weight is 303 g/mol. The van der Waals surface area contributed by atoms with E-state index in [1.807, 2.05) is 30.5 Å². The molecule has 1 aromatic carbocycles. The number of benzene rings is 1. The standard InChI is InChI=1S/C17H21ClN3/c1-12-4-3-9-21(11-12)13(2)20-16-7-8-19-17-10-14(18)5-6-15(16)17/h5-8,10,12-13H,2-4,9,11H2,1H3,(H,19,20). The molecule has 1 aromatic heterocycles. The molecule has 3 rings (SSSR count). The van der Waals surface area contributed by atoms with Gasteiger partial charge in [0, 0.05) is 35.4 Å². The summed E-state index contributed by atoms with van der Waals surface area (Å²) in [5.74, 6) is 0.748. The van der Waals surface area contributed by atoms with Gasteiger partial charge in [-0.05, 0) is 49.9 Å². The Kier molecular flexibility index (Phi) is 4.32. The second-order valence-corrected chi connectivity index (χ2v) is 6.36. The molecular formula is C17H21ClN3. The lowest BCUT2D eigenvalue weighted by molar-refractivity contribution is 0.163. The third-order valence-electron chi connectivity index (χ3n) is 4.16. The minimum absolute atomic E-state index is 0.0778. The lowest BCUT2D eigenvalue weighted by Gasteiger charge is -2.36. The number of hydrogen-bond acceptors (Lipinski definition) is 3. The van der Waals surface area contributed by atoms with Gasteiger partial charge in [0.15, 0.2) is 0 Å². The molecular weight excluding hydrogens is 282 g/mol. The normalized spacial score (nSPS) is 21.4. The van der Waals surface area contributed by atoms with Crippen molar-refractivity contribution in [1.29, 1.82) is 0 Å². The van der Waals surface area contributed by atoms with Gasteiger partial charge in [-0.15, -0.1) is 0 Å². The highest BCUT2D eigenvalue weighted by Gasteiger charge is 2.21. The number of nitrogens with one attached hydrogen (secondary N) is 1. The smallest absolute Gasteiger partial charge is 0.0794 e. The molecule has 1 aliphatic heterocycles. The number of halogens is 1. The van der Waals surface area contributed by atoms with Crippen LogP contribution in [0.5, 0.6) is 0 Å². The molecule has 21 heavy (non-hydrogen) atoms. The Hall–Kier alpha value is -1.32. The van der Waals surface area contributed by atoms with Crippen LogP contribution in [0.15, 0.2) is 30.5 Å². The van der Waals surface area contributed by atoms with E-state index in [2.05, 4.69) is 29.0 Å². The van der Waals surface area contributed by atoms with Crippen molar-refractivity contribution < 1.29 is 0 Å². The number of nitrogens with zero attached hydrogens (tertiary/aromatic N) is 2. The molecule has 0 saturated carbocycles. The highest BCUT2D eigenvalue weighted by atomic mass is 35.5. The first-order chi connectivity index (χ1) is 10.1. The third kappa shape index (κ3) is 3.30. The molecule has 2 heterocycles. The molecule has 2 aromatic rings. The summed E-state index contributed by atoms with van der Waals surface area (Å²) in [5, 5.41) is 5.32. The SMILES string of the molecule is [CH2]C(Nc1ccnc2cc(Cl)ccc12)N1CCCC(C)C1. The van der Waals surface area contributed by atoms with Gasteiger partial charge in [0.1, 0.15) is 0 Å². The first kappa shape index (κ1) is 14.6. The Bertz CT molecular complexity index is 628. The van der Waals surface area contributed by atoms with Crippen LogP contribution >= 0.6 is 11.6 Å². The van der Waals surface area contributed by atoms with E-state index in [4.69, 9.17) is 11.6 Å². The summed E-state index contributed by atoms with van der Waals surface area (Å²) >= 11 is 6.03. The maximum atomic E-state index is 6.03. The number of fused-ring (bicyclic) bond motifs is 1. The minimum Gasteiger partial charge on any atom is -0.369 e. The van der Waals surface area contributed by atoms with E-state index in [9.17, 15) is 0 Å². The fourth-order valence-electron chi connectivity index (χ4n) is 3.03. The number of likely N-dealkylation sites (tertiary alicyclic amines) is 1. The van der Waals surface area contributed by atoms with Gasteiger partial charge < -0.3 is 5.32 Å². The van der Waals surface area contributed by atoms with Crippen LogP contribution in [0.25, 0.3) is 10.9 Å². The summed E-state index contributed by atoms with van der Waals surface area (Å²) in [7, 11) is 0. The fourth-order valence-corrected chi connectivity index (χ4v) is 3.19. The van der Waals surface area contributed by atoms with Crippen molar-refractivity contribution in [3.05, 3.63) is 42.4 Å². The summed E-state index contributed by atoms with van der Waals surface area (Å²) in [5.41, 5.74) is 1.97. The van der Waals surface area contributed by atoms with Crippen molar-refractivity contribution in [2.75, 3.05) is 18.4 Å². The van der Waals surface area contributed by atoms with Crippen LogP contribution in [0, 0.1) is 12.8 Å². The molecule has 0 aliphatic carbocycles. The molecule has 1 radical (unpaired) electrons. The zero-order valence-corrected chi connectivity index (χ0v) is 13.1. The number of hydrogen-bond donors (Lipinski definition) is 1. The molecule has 111 valence electrons. The second kappa shape index (κ2) is 6.20. The summed E-state index contributed by atoms with van der Waals surface area (Å²) in [4.78, 5) is 6.79. The zero-order chi connectivity index (χ0) is 14.8. The van der Waals surface area contributed by atoms with Gasteiger partial charge in [-0.3, -0.25) is 9.88 Å². The van der Waals surface area contributed by atoms with Crippen LogP contribution in [0.2, 0.25) is 5.02 Å². The predicted molar refractivity (Wildman–Crippen MR) is 89.5 cm³/mol. The first-order valence-corrected chi connectivity index (χ1v) is 7.89. The number of anilines is 1. The molecule has 1 saturated heterocycles. The summed E-state index contributed by atoms with van der Waals surface area (Å²) in [6.07, 6.45) is 4.46. The van der Waals surface area contributed by atoms with Gasteiger partial charge >= 0.3 is 0 Å². The van der Waals surface area contributed by atoms with E-state index in [0.29, 0.717) is 5.02 Å². The molecule has 2 unspecified atom stereocenters. The third-order valence-corrected chi connectivity index (χ3v) is 4.39. The monoisotopic (exact) mass is 302 g/mol. The molecule has 0 bridgehead atoms.